The SMILES string of the molecule is COCOc1c(C)cc(C)cc1Cl. The highest BCUT2D eigenvalue weighted by Gasteiger charge is 2.05. The molecule has 1 aromatic carbocycles. The molecule has 0 saturated carbocycles. The molecule has 3 heteroatoms. The first kappa shape index (κ1) is 10.4. The summed E-state index contributed by atoms with van der Waals surface area (Å²) in [4.78, 5) is 0. The first-order chi connectivity index (χ1) is 6.15. The van der Waals surface area contributed by atoms with Crippen LogP contribution < -0.4 is 4.74 Å². The van der Waals surface area contributed by atoms with Gasteiger partial charge in [0.05, 0.1) is 5.02 Å². The molecule has 0 unspecified atom stereocenters. The first-order valence-electron chi connectivity index (χ1n) is 4.03. The van der Waals surface area contributed by atoms with Crippen LogP contribution in [0.15, 0.2) is 12.1 Å². The second kappa shape index (κ2) is 4.49. The molecular weight excluding hydrogens is 188 g/mol. The largest absolute Gasteiger partial charge is 0.466 e. The van der Waals surface area contributed by atoms with Crippen molar-refractivity contribution in [3.8, 4) is 5.75 Å². The number of benzene rings is 1. The lowest BCUT2D eigenvalue weighted by atomic mass is 10.1. The maximum absolute atomic E-state index is 5.99. The van der Waals surface area contributed by atoms with Gasteiger partial charge in [0.25, 0.3) is 0 Å². The maximum atomic E-state index is 5.99. The van der Waals surface area contributed by atoms with Gasteiger partial charge in [-0.05, 0) is 31.0 Å². The van der Waals surface area contributed by atoms with E-state index >= 15 is 0 Å². The molecule has 0 N–H and O–H groups in total. The van der Waals surface area contributed by atoms with Crippen molar-refractivity contribution in [3.63, 3.8) is 0 Å². The van der Waals surface area contributed by atoms with Crippen LogP contribution in [-0.2, 0) is 4.74 Å². The van der Waals surface area contributed by atoms with E-state index in [0.717, 1.165) is 11.1 Å². The van der Waals surface area contributed by atoms with Crippen LogP contribution in [0.3, 0.4) is 0 Å². The van der Waals surface area contributed by atoms with E-state index in [9.17, 15) is 0 Å². The minimum Gasteiger partial charge on any atom is -0.466 e. The molecule has 0 aliphatic rings. The van der Waals surface area contributed by atoms with Crippen LogP contribution in [0.2, 0.25) is 5.02 Å². The van der Waals surface area contributed by atoms with E-state index in [0.29, 0.717) is 10.8 Å². The number of hydrogen-bond acceptors (Lipinski definition) is 2. The summed E-state index contributed by atoms with van der Waals surface area (Å²) < 4.78 is 10.1. The van der Waals surface area contributed by atoms with Crippen molar-refractivity contribution in [3.05, 3.63) is 28.3 Å². The van der Waals surface area contributed by atoms with Crippen molar-refractivity contribution in [1.29, 1.82) is 0 Å². The van der Waals surface area contributed by atoms with E-state index < -0.39 is 0 Å². The number of halogens is 1. The topological polar surface area (TPSA) is 18.5 Å². The van der Waals surface area contributed by atoms with E-state index in [1.165, 1.54) is 0 Å². The maximum Gasteiger partial charge on any atom is 0.188 e. The molecule has 2 nitrogen and oxygen atoms in total. The van der Waals surface area contributed by atoms with Crippen molar-refractivity contribution in [1.82, 2.24) is 0 Å². The van der Waals surface area contributed by atoms with Gasteiger partial charge in [-0.2, -0.15) is 0 Å². The summed E-state index contributed by atoms with van der Waals surface area (Å²) in [5.41, 5.74) is 2.16. The summed E-state index contributed by atoms with van der Waals surface area (Å²) in [6.07, 6.45) is 0. The number of aryl methyl sites for hydroxylation is 2. The molecule has 0 aliphatic carbocycles. The Balaban J connectivity index is 2.92. The van der Waals surface area contributed by atoms with E-state index in [-0.39, 0.29) is 6.79 Å². The van der Waals surface area contributed by atoms with Crippen LogP contribution in [0.4, 0.5) is 0 Å². The first-order valence-corrected chi connectivity index (χ1v) is 4.41. The van der Waals surface area contributed by atoms with Gasteiger partial charge < -0.3 is 9.47 Å². The third kappa shape index (κ3) is 2.61. The Labute approximate surface area is 83.4 Å². The van der Waals surface area contributed by atoms with Gasteiger partial charge in [-0.15, -0.1) is 0 Å². The van der Waals surface area contributed by atoms with Gasteiger partial charge in [0.1, 0.15) is 5.75 Å². The Morgan fingerprint density at radius 3 is 2.54 bits per heavy atom. The van der Waals surface area contributed by atoms with E-state index in [4.69, 9.17) is 21.1 Å². The molecule has 0 heterocycles. The Hall–Kier alpha value is -0.730. The van der Waals surface area contributed by atoms with Crippen molar-refractivity contribution in [2.24, 2.45) is 0 Å². The second-order valence-electron chi connectivity index (χ2n) is 2.94. The summed E-state index contributed by atoms with van der Waals surface area (Å²) in [5.74, 6) is 0.703. The van der Waals surface area contributed by atoms with Crippen molar-refractivity contribution in [2.75, 3.05) is 13.9 Å². The Morgan fingerprint density at radius 1 is 1.31 bits per heavy atom. The average Bonchev–Trinajstić information content (AvgIpc) is 2.02. The molecule has 0 saturated heterocycles. The monoisotopic (exact) mass is 200 g/mol. The summed E-state index contributed by atoms with van der Waals surface area (Å²) in [7, 11) is 1.58. The molecule has 0 radical (unpaired) electrons. The van der Waals surface area contributed by atoms with Crippen LogP contribution in [0.1, 0.15) is 11.1 Å². The van der Waals surface area contributed by atoms with Gasteiger partial charge in [-0.1, -0.05) is 17.7 Å². The molecule has 0 aromatic heterocycles. The van der Waals surface area contributed by atoms with Gasteiger partial charge in [0.2, 0.25) is 0 Å². The second-order valence-corrected chi connectivity index (χ2v) is 3.35. The average molecular weight is 201 g/mol. The zero-order chi connectivity index (χ0) is 9.84. The number of ether oxygens (including phenoxy) is 2. The molecule has 0 aliphatic heterocycles. The zero-order valence-corrected chi connectivity index (χ0v) is 8.81. The van der Waals surface area contributed by atoms with Gasteiger partial charge in [0, 0.05) is 7.11 Å². The third-order valence-corrected chi connectivity index (χ3v) is 1.98. The normalized spacial score (nSPS) is 10.2. The van der Waals surface area contributed by atoms with Gasteiger partial charge >= 0.3 is 0 Å². The Morgan fingerprint density at radius 2 is 2.00 bits per heavy atom. The summed E-state index contributed by atoms with van der Waals surface area (Å²) >= 11 is 5.99. The fraction of sp³-hybridized carbons (Fsp3) is 0.400. The van der Waals surface area contributed by atoms with Crippen LogP contribution in [-0.4, -0.2) is 13.9 Å². The number of hydrogen-bond donors (Lipinski definition) is 0. The van der Waals surface area contributed by atoms with Crippen molar-refractivity contribution >= 4 is 11.6 Å². The van der Waals surface area contributed by atoms with Crippen LogP contribution in [0.5, 0.6) is 5.75 Å². The van der Waals surface area contributed by atoms with Crippen LogP contribution in [0.25, 0.3) is 0 Å². The quantitative estimate of drug-likeness (QED) is 0.699. The fourth-order valence-corrected chi connectivity index (χ4v) is 1.58. The van der Waals surface area contributed by atoms with E-state index in [1.54, 1.807) is 7.11 Å². The Bertz CT molecular complexity index is 274. The molecular formula is C10H13ClO2. The summed E-state index contributed by atoms with van der Waals surface area (Å²) in [5, 5.41) is 0.634. The number of rotatable bonds is 3. The van der Waals surface area contributed by atoms with Crippen LogP contribution >= 0.6 is 11.6 Å². The molecule has 0 spiro atoms. The van der Waals surface area contributed by atoms with Crippen molar-refractivity contribution < 1.29 is 9.47 Å². The lowest BCUT2D eigenvalue weighted by Gasteiger charge is -2.10. The van der Waals surface area contributed by atoms with Gasteiger partial charge in [-0.25, -0.2) is 0 Å². The minimum atomic E-state index is 0.226. The third-order valence-electron chi connectivity index (χ3n) is 1.69. The summed E-state index contributed by atoms with van der Waals surface area (Å²) in [6.45, 7) is 4.19. The standard InChI is InChI=1S/C10H13ClO2/c1-7-4-8(2)10(9(11)5-7)13-6-12-3/h4-5H,6H2,1-3H3. The van der Waals surface area contributed by atoms with Crippen molar-refractivity contribution in [2.45, 2.75) is 13.8 Å². The fourth-order valence-electron chi connectivity index (χ4n) is 1.20. The molecule has 0 fully saturated rings. The number of methoxy groups -OCH3 is 1. The molecule has 0 bridgehead atoms. The molecule has 1 aromatic rings. The zero-order valence-electron chi connectivity index (χ0n) is 8.06. The molecule has 13 heavy (non-hydrogen) atoms. The molecule has 0 atom stereocenters. The van der Waals surface area contributed by atoms with Gasteiger partial charge in [0.15, 0.2) is 6.79 Å². The van der Waals surface area contributed by atoms with E-state index in [2.05, 4.69) is 0 Å². The predicted octanol–water partition coefficient (Wildman–Crippen LogP) is 2.94. The lowest BCUT2D eigenvalue weighted by Crippen LogP contribution is -2.01. The molecule has 1 rings (SSSR count). The highest BCUT2D eigenvalue weighted by molar-refractivity contribution is 6.32. The summed E-state index contributed by atoms with van der Waals surface area (Å²) in [6, 6.07) is 3.90. The highest BCUT2D eigenvalue weighted by Crippen LogP contribution is 2.29. The Kier molecular flexibility index (Phi) is 3.58. The lowest BCUT2D eigenvalue weighted by molar-refractivity contribution is 0.0507. The van der Waals surface area contributed by atoms with Gasteiger partial charge in [-0.3, -0.25) is 0 Å². The van der Waals surface area contributed by atoms with Crippen LogP contribution in [0, 0.1) is 13.8 Å². The molecule has 0 amide bonds. The highest BCUT2D eigenvalue weighted by atomic mass is 35.5. The van der Waals surface area contributed by atoms with E-state index in [1.807, 2.05) is 26.0 Å². The predicted molar refractivity (Wildman–Crippen MR) is 53.4 cm³/mol. The molecule has 72 valence electrons. The minimum absolute atomic E-state index is 0.226. The smallest absolute Gasteiger partial charge is 0.188 e.